The number of halogens is 1. The van der Waals surface area contributed by atoms with Crippen LogP contribution in [-0.4, -0.2) is 14.6 Å². The van der Waals surface area contributed by atoms with Gasteiger partial charge in [-0.05, 0) is 24.1 Å². The highest BCUT2D eigenvalue weighted by molar-refractivity contribution is 5.50. The molecule has 0 aliphatic carbocycles. The summed E-state index contributed by atoms with van der Waals surface area (Å²) >= 11 is 0. The van der Waals surface area contributed by atoms with Crippen LogP contribution in [0.4, 0.5) is 10.1 Å². The second-order valence-electron chi connectivity index (χ2n) is 4.38. The van der Waals surface area contributed by atoms with Crippen molar-refractivity contribution in [2.24, 2.45) is 0 Å². The Morgan fingerprint density at radius 2 is 2.00 bits per heavy atom. The Balaban J connectivity index is 1.80. The molecule has 0 atom stereocenters. The summed E-state index contributed by atoms with van der Waals surface area (Å²) in [6.07, 6.45) is 2.95. The number of nitrogens with two attached hydrogens (primary N) is 1. The molecule has 3 rings (SSSR count). The van der Waals surface area contributed by atoms with Gasteiger partial charge in [0.25, 0.3) is 0 Å². The van der Waals surface area contributed by atoms with Crippen LogP contribution in [0.3, 0.4) is 0 Å². The molecule has 2 aromatic heterocycles. The van der Waals surface area contributed by atoms with Gasteiger partial charge >= 0.3 is 0 Å². The normalized spacial score (nSPS) is 11.0. The van der Waals surface area contributed by atoms with E-state index in [-0.39, 0.29) is 5.82 Å². The third-order valence-electron chi connectivity index (χ3n) is 2.98. The van der Waals surface area contributed by atoms with Crippen LogP contribution in [0.1, 0.15) is 11.4 Å². The standard InChI is InChI=1S/C14H13FN4/c15-12-4-2-1-3-10(12)5-6-13-17-14-9-11(16)7-8-19(14)18-13/h1-4,7-9H,5-6,16H2. The van der Waals surface area contributed by atoms with Crippen LogP contribution < -0.4 is 5.73 Å². The zero-order valence-electron chi connectivity index (χ0n) is 10.3. The summed E-state index contributed by atoms with van der Waals surface area (Å²) in [5, 5.41) is 4.33. The van der Waals surface area contributed by atoms with Crippen molar-refractivity contribution in [3.8, 4) is 0 Å². The van der Waals surface area contributed by atoms with E-state index in [1.807, 2.05) is 6.07 Å². The van der Waals surface area contributed by atoms with Crippen molar-refractivity contribution < 1.29 is 4.39 Å². The van der Waals surface area contributed by atoms with Gasteiger partial charge in [0.2, 0.25) is 0 Å². The summed E-state index contributed by atoms with van der Waals surface area (Å²) in [7, 11) is 0. The molecule has 1 aromatic carbocycles. The number of nitrogen functional groups attached to an aromatic ring is 1. The van der Waals surface area contributed by atoms with E-state index in [2.05, 4.69) is 10.1 Å². The fraction of sp³-hybridized carbons (Fsp3) is 0.143. The molecule has 0 aliphatic heterocycles. The van der Waals surface area contributed by atoms with Gasteiger partial charge in [-0.25, -0.2) is 13.9 Å². The third kappa shape index (κ3) is 2.40. The topological polar surface area (TPSA) is 56.2 Å². The molecule has 0 unspecified atom stereocenters. The molecular formula is C14H13FN4. The number of anilines is 1. The summed E-state index contributed by atoms with van der Waals surface area (Å²) in [6.45, 7) is 0. The number of rotatable bonds is 3. The average molecular weight is 256 g/mol. The van der Waals surface area contributed by atoms with Crippen molar-refractivity contribution >= 4 is 11.3 Å². The van der Waals surface area contributed by atoms with E-state index >= 15 is 0 Å². The lowest BCUT2D eigenvalue weighted by Crippen LogP contribution is -1.96. The molecule has 0 spiro atoms. The molecule has 5 heteroatoms. The molecule has 0 aliphatic rings. The van der Waals surface area contributed by atoms with E-state index < -0.39 is 0 Å². The number of hydrogen-bond donors (Lipinski definition) is 1. The van der Waals surface area contributed by atoms with Crippen molar-refractivity contribution in [2.75, 3.05) is 5.73 Å². The molecule has 96 valence electrons. The predicted molar refractivity (Wildman–Crippen MR) is 71.2 cm³/mol. The van der Waals surface area contributed by atoms with Crippen molar-refractivity contribution in [2.45, 2.75) is 12.8 Å². The molecule has 0 fully saturated rings. The summed E-state index contributed by atoms with van der Waals surface area (Å²) in [5.74, 6) is 0.504. The molecule has 2 heterocycles. The Morgan fingerprint density at radius 1 is 1.16 bits per heavy atom. The number of nitrogens with zero attached hydrogens (tertiary/aromatic N) is 3. The van der Waals surface area contributed by atoms with Gasteiger partial charge in [-0.2, -0.15) is 5.10 Å². The molecule has 0 amide bonds. The van der Waals surface area contributed by atoms with Gasteiger partial charge in [0.05, 0.1) is 0 Å². The Hall–Kier alpha value is -2.43. The SMILES string of the molecule is Nc1ccn2nc(CCc3ccccc3F)nc2c1. The van der Waals surface area contributed by atoms with E-state index in [9.17, 15) is 4.39 Å². The summed E-state index contributed by atoms with van der Waals surface area (Å²) in [4.78, 5) is 4.37. The van der Waals surface area contributed by atoms with Gasteiger partial charge in [-0.1, -0.05) is 18.2 Å². The quantitative estimate of drug-likeness (QED) is 0.781. The van der Waals surface area contributed by atoms with E-state index in [0.29, 0.717) is 35.6 Å². The first-order valence-corrected chi connectivity index (χ1v) is 6.06. The third-order valence-corrected chi connectivity index (χ3v) is 2.98. The molecule has 4 nitrogen and oxygen atoms in total. The van der Waals surface area contributed by atoms with E-state index in [4.69, 9.17) is 5.73 Å². The van der Waals surface area contributed by atoms with E-state index in [1.54, 1.807) is 35.0 Å². The lowest BCUT2D eigenvalue weighted by atomic mass is 10.1. The lowest BCUT2D eigenvalue weighted by molar-refractivity contribution is 0.607. The van der Waals surface area contributed by atoms with Gasteiger partial charge in [-0.15, -0.1) is 0 Å². The predicted octanol–water partition coefficient (Wildman–Crippen LogP) is 2.24. The highest BCUT2D eigenvalue weighted by atomic mass is 19.1. The van der Waals surface area contributed by atoms with Crippen molar-refractivity contribution in [1.29, 1.82) is 0 Å². The van der Waals surface area contributed by atoms with Crippen LogP contribution in [0.5, 0.6) is 0 Å². The first kappa shape index (κ1) is 11.6. The maximum absolute atomic E-state index is 13.5. The first-order valence-electron chi connectivity index (χ1n) is 6.06. The highest BCUT2D eigenvalue weighted by Gasteiger charge is 2.06. The molecule has 0 bridgehead atoms. The summed E-state index contributed by atoms with van der Waals surface area (Å²) < 4.78 is 15.2. The summed E-state index contributed by atoms with van der Waals surface area (Å²) in [5.41, 5.74) is 7.73. The van der Waals surface area contributed by atoms with Gasteiger partial charge in [0.15, 0.2) is 11.5 Å². The maximum Gasteiger partial charge on any atom is 0.157 e. The molecule has 0 radical (unpaired) electrons. The minimum absolute atomic E-state index is 0.185. The second-order valence-corrected chi connectivity index (χ2v) is 4.38. The van der Waals surface area contributed by atoms with Crippen LogP contribution in [0.25, 0.3) is 5.65 Å². The number of benzene rings is 1. The van der Waals surface area contributed by atoms with Gasteiger partial charge in [0, 0.05) is 24.4 Å². The molecule has 3 aromatic rings. The van der Waals surface area contributed by atoms with E-state index in [1.165, 1.54) is 6.07 Å². The van der Waals surface area contributed by atoms with Crippen LogP contribution in [0.2, 0.25) is 0 Å². The number of pyridine rings is 1. The van der Waals surface area contributed by atoms with E-state index in [0.717, 1.165) is 0 Å². The zero-order valence-corrected chi connectivity index (χ0v) is 10.3. The van der Waals surface area contributed by atoms with Gasteiger partial charge in [0.1, 0.15) is 5.82 Å². The van der Waals surface area contributed by atoms with Crippen molar-refractivity contribution in [1.82, 2.24) is 14.6 Å². The summed E-state index contributed by atoms with van der Waals surface area (Å²) in [6, 6.07) is 10.3. The molecule has 0 saturated carbocycles. The largest absolute Gasteiger partial charge is 0.399 e. The minimum Gasteiger partial charge on any atom is -0.399 e. The second kappa shape index (κ2) is 4.68. The average Bonchev–Trinajstić information content (AvgIpc) is 2.79. The van der Waals surface area contributed by atoms with Crippen LogP contribution in [0.15, 0.2) is 42.6 Å². The molecular weight excluding hydrogens is 243 g/mol. The monoisotopic (exact) mass is 256 g/mol. The number of fused-ring (bicyclic) bond motifs is 1. The number of hydrogen-bond acceptors (Lipinski definition) is 3. The van der Waals surface area contributed by atoms with Gasteiger partial charge < -0.3 is 5.73 Å². The van der Waals surface area contributed by atoms with Crippen LogP contribution in [0, 0.1) is 5.82 Å². The Labute approximate surface area is 109 Å². The molecule has 2 N–H and O–H groups in total. The Bertz CT molecular complexity index is 720. The highest BCUT2D eigenvalue weighted by Crippen LogP contribution is 2.11. The lowest BCUT2D eigenvalue weighted by Gasteiger charge is -1.99. The first-order chi connectivity index (χ1) is 9.22. The number of aryl methyl sites for hydroxylation is 2. The fourth-order valence-corrected chi connectivity index (χ4v) is 2.00. The smallest absolute Gasteiger partial charge is 0.157 e. The minimum atomic E-state index is -0.185. The Kier molecular flexibility index (Phi) is 2.87. The number of aromatic nitrogens is 3. The van der Waals surface area contributed by atoms with Crippen molar-refractivity contribution in [3.63, 3.8) is 0 Å². The van der Waals surface area contributed by atoms with Crippen LogP contribution >= 0.6 is 0 Å². The molecule has 0 saturated heterocycles. The maximum atomic E-state index is 13.5. The van der Waals surface area contributed by atoms with Gasteiger partial charge in [-0.3, -0.25) is 0 Å². The van der Waals surface area contributed by atoms with Crippen LogP contribution in [-0.2, 0) is 12.8 Å². The van der Waals surface area contributed by atoms with Crippen molar-refractivity contribution in [3.05, 3.63) is 59.8 Å². The zero-order chi connectivity index (χ0) is 13.2. The fourth-order valence-electron chi connectivity index (χ4n) is 2.00. The molecule has 19 heavy (non-hydrogen) atoms. The Morgan fingerprint density at radius 3 is 2.84 bits per heavy atom.